The number of aryl methyl sites for hydroxylation is 2. The molecule has 0 radical (unpaired) electrons. The van der Waals surface area contributed by atoms with Gasteiger partial charge in [-0.15, -0.1) is 0 Å². The second-order valence-electron chi connectivity index (χ2n) is 3.76. The Morgan fingerprint density at radius 2 is 1.42 bits per heavy atom. The maximum atomic E-state index is 4.05. The van der Waals surface area contributed by atoms with Crippen molar-refractivity contribution in [2.45, 2.75) is 26.7 Å². The Morgan fingerprint density at radius 3 is 1.83 bits per heavy atom. The predicted molar refractivity (Wildman–Crippen MR) is 52.5 cm³/mol. The summed E-state index contributed by atoms with van der Waals surface area (Å²) in [6.45, 7) is 8.43. The molecule has 2 rings (SSSR count). The second kappa shape index (κ2) is 2.48. The summed E-state index contributed by atoms with van der Waals surface area (Å²) in [6.07, 6.45) is 2.20. The van der Waals surface area contributed by atoms with Crippen molar-refractivity contribution in [3.8, 4) is 0 Å². The molecule has 0 bridgehead atoms. The average Bonchev–Trinajstić information content (AvgIpc) is 2.41. The van der Waals surface area contributed by atoms with Crippen molar-refractivity contribution in [1.29, 1.82) is 0 Å². The molecular formula is C12H14. The molecule has 0 aliphatic heterocycles. The first-order chi connectivity index (χ1) is 5.68. The highest BCUT2D eigenvalue weighted by Gasteiger charge is 2.17. The van der Waals surface area contributed by atoms with E-state index < -0.39 is 0 Å². The van der Waals surface area contributed by atoms with Crippen LogP contribution in [0.4, 0.5) is 0 Å². The van der Waals surface area contributed by atoms with Gasteiger partial charge in [0, 0.05) is 0 Å². The molecule has 0 saturated heterocycles. The molecule has 12 heavy (non-hydrogen) atoms. The largest absolute Gasteiger partial charge is 0.0992 e. The molecule has 0 spiro atoms. The highest BCUT2D eigenvalue weighted by Crippen LogP contribution is 2.30. The lowest BCUT2D eigenvalue weighted by Gasteiger charge is -2.05. The molecule has 1 aliphatic carbocycles. The summed E-state index contributed by atoms with van der Waals surface area (Å²) in [5.74, 6) is 0. The van der Waals surface area contributed by atoms with Gasteiger partial charge in [0.2, 0.25) is 0 Å². The smallest absolute Gasteiger partial charge is 0.00609 e. The van der Waals surface area contributed by atoms with Gasteiger partial charge in [-0.1, -0.05) is 24.3 Å². The summed E-state index contributed by atoms with van der Waals surface area (Å²) >= 11 is 0. The predicted octanol–water partition coefficient (Wildman–Crippen LogP) is 2.96. The molecule has 1 aromatic rings. The Morgan fingerprint density at radius 1 is 1.00 bits per heavy atom. The van der Waals surface area contributed by atoms with Gasteiger partial charge in [-0.2, -0.15) is 0 Å². The second-order valence-corrected chi connectivity index (χ2v) is 3.76. The third kappa shape index (κ3) is 0.989. The monoisotopic (exact) mass is 158 g/mol. The standard InChI is InChI=1S/C12H14/c1-8-6-11-9(2)4-5-10(3)12(11)7-8/h4-5H,1,6-7H2,2-3H3. The lowest BCUT2D eigenvalue weighted by atomic mass is 10.0. The Balaban J connectivity index is 2.64. The van der Waals surface area contributed by atoms with Gasteiger partial charge in [-0.05, 0) is 48.9 Å². The van der Waals surface area contributed by atoms with Crippen LogP contribution in [0.2, 0.25) is 0 Å². The molecule has 62 valence electrons. The fourth-order valence-electron chi connectivity index (χ4n) is 1.98. The average molecular weight is 158 g/mol. The van der Waals surface area contributed by atoms with Crippen LogP contribution in [0.15, 0.2) is 24.3 Å². The Bertz CT molecular complexity index is 312. The third-order valence-corrected chi connectivity index (χ3v) is 2.75. The highest BCUT2D eigenvalue weighted by atomic mass is 14.2. The zero-order valence-corrected chi connectivity index (χ0v) is 7.78. The summed E-state index contributed by atoms with van der Waals surface area (Å²) in [5, 5.41) is 0. The molecule has 0 N–H and O–H groups in total. The molecule has 0 unspecified atom stereocenters. The summed E-state index contributed by atoms with van der Waals surface area (Å²) in [6, 6.07) is 4.43. The lowest BCUT2D eigenvalue weighted by Crippen LogP contribution is -1.90. The summed E-state index contributed by atoms with van der Waals surface area (Å²) < 4.78 is 0. The van der Waals surface area contributed by atoms with E-state index in [2.05, 4.69) is 32.6 Å². The Hall–Kier alpha value is -1.04. The van der Waals surface area contributed by atoms with E-state index in [-0.39, 0.29) is 0 Å². The number of fused-ring (bicyclic) bond motifs is 1. The molecular weight excluding hydrogens is 144 g/mol. The van der Waals surface area contributed by atoms with Crippen molar-refractivity contribution in [3.63, 3.8) is 0 Å². The molecule has 0 heteroatoms. The van der Waals surface area contributed by atoms with Gasteiger partial charge in [0.15, 0.2) is 0 Å². The quantitative estimate of drug-likeness (QED) is 0.509. The molecule has 0 amide bonds. The van der Waals surface area contributed by atoms with Crippen LogP contribution in [0, 0.1) is 13.8 Å². The number of rotatable bonds is 0. The summed E-state index contributed by atoms with van der Waals surface area (Å²) in [5.41, 5.74) is 7.27. The van der Waals surface area contributed by atoms with Gasteiger partial charge in [-0.25, -0.2) is 0 Å². The third-order valence-electron chi connectivity index (χ3n) is 2.75. The number of benzene rings is 1. The van der Waals surface area contributed by atoms with E-state index in [0.29, 0.717) is 0 Å². The fraction of sp³-hybridized carbons (Fsp3) is 0.333. The fourth-order valence-corrected chi connectivity index (χ4v) is 1.98. The van der Waals surface area contributed by atoms with Gasteiger partial charge in [0.05, 0.1) is 0 Å². The SMILES string of the molecule is C=C1Cc2c(C)ccc(C)c2C1. The van der Waals surface area contributed by atoms with E-state index in [1.807, 2.05) is 0 Å². The van der Waals surface area contributed by atoms with Gasteiger partial charge < -0.3 is 0 Å². The maximum absolute atomic E-state index is 4.05. The zero-order chi connectivity index (χ0) is 8.72. The van der Waals surface area contributed by atoms with Crippen LogP contribution in [0.5, 0.6) is 0 Å². The van der Waals surface area contributed by atoms with E-state index in [0.717, 1.165) is 12.8 Å². The number of hydrogen-bond acceptors (Lipinski definition) is 0. The van der Waals surface area contributed by atoms with Crippen LogP contribution < -0.4 is 0 Å². The molecule has 0 heterocycles. The molecule has 0 nitrogen and oxygen atoms in total. The number of hydrogen-bond donors (Lipinski definition) is 0. The van der Waals surface area contributed by atoms with Crippen LogP contribution >= 0.6 is 0 Å². The summed E-state index contributed by atoms with van der Waals surface area (Å²) in [7, 11) is 0. The van der Waals surface area contributed by atoms with Gasteiger partial charge >= 0.3 is 0 Å². The first-order valence-electron chi connectivity index (χ1n) is 4.43. The highest BCUT2D eigenvalue weighted by molar-refractivity contribution is 5.48. The van der Waals surface area contributed by atoms with Crippen LogP contribution in [-0.2, 0) is 12.8 Å². The minimum absolute atomic E-state index is 1.10. The minimum atomic E-state index is 1.10. The van der Waals surface area contributed by atoms with Crippen molar-refractivity contribution in [2.75, 3.05) is 0 Å². The van der Waals surface area contributed by atoms with Crippen molar-refractivity contribution >= 4 is 0 Å². The lowest BCUT2D eigenvalue weighted by molar-refractivity contribution is 1.17. The van der Waals surface area contributed by atoms with E-state index in [9.17, 15) is 0 Å². The van der Waals surface area contributed by atoms with Crippen LogP contribution in [0.3, 0.4) is 0 Å². The zero-order valence-electron chi connectivity index (χ0n) is 7.78. The van der Waals surface area contributed by atoms with Gasteiger partial charge in [-0.3, -0.25) is 0 Å². The molecule has 0 fully saturated rings. The van der Waals surface area contributed by atoms with Crippen molar-refractivity contribution in [1.82, 2.24) is 0 Å². The Labute approximate surface area is 73.9 Å². The topological polar surface area (TPSA) is 0 Å². The number of allylic oxidation sites excluding steroid dienone is 1. The van der Waals surface area contributed by atoms with Crippen molar-refractivity contribution in [3.05, 3.63) is 46.5 Å². The van der Waals surface area contributed by atoms with E-state index in [4.69, 9.17) is 0 Å². The maximum Gasteiger partial charge on any atom is -0.00609 e. The van der Waals surface area contributed by atoms with Crippen LogP contribution in [-0.4, -0.2) is 0 Å². The Kier molecular flexibility index (Phi) is 1.57. The van der Waals surface area contributed by atoms with Crippen LogP contribution in [0.1, 0.15) is 22.3 Å². The van der Waals surface area contributed by atoms with E-state index >= 15 is 0 Å². The summed E-state index contributed by atoms with van der Waals surface area (Å²) in [4.78, 5) is 0. The first kappa shape index (κ1) is 7.60. The molecule has 0 atom stereocenters. The molecule has 1 aliphatic rings. The molecule has 0 aromatic heterocycles. The van der Waals surface area contributed by atoms with Gasteiger partial charge in [0.25, 0.3) is 0 Å². The van der Waals surface area contributed by atoms with Crippen molar-refractivity contribution in [2.24, 2.45) is 0 Å². The normalized spacial score (nSPS) is 15.0. The molecule has 0 saturated carbocycles. The van der Waals surface area contributed by atoms with E-state index in [1.165, 1.54) is 27.8 Å². The molecule has 1 aromatic carbocycles. The first-order valence-corrected chi connectivity index (χ1v) is 4.43. The minimum Gasteiger partial charge on any atom is -0.0992 e. The van der Waals surface area contributed by atoms with Crippen molar-refractivity contribution < 1.29 is 0 Å². The van der Waals surface area contributed by atoms with E-state index in [1.54, 1.807) is 0 Å². The van der Waals surface area contributed by atoms with Gasteiger partial charge in [0.1, 0.15) is 0 Å². The van der Waals surface area contributed by atoms with Crippen LogP contribution in [0.25, 0.3) is 0 Å².